The first kappa shape index (κ1) is 23.3. The van der Waals surface area contributed by atoms with Gasteiger partial charge in [-0.2, -0.15) is 0 Å². The number of carbonyl (C=O) groups excluding carboxylic acids is 3. The van der Waals surface area contributed by atoms with Gasteiger partial charge in [-0.1, -0.05) is 25.5 Å². The molecule has 0 saturated heterocycles. The van der Waals surface area contributed by atoms with Crippen LogP contribution in [-0.4, -0.2) is 59.8 Å². The van der Waals surface area contributed by atoms with Crippen molar-refractivity contribution in [2.75, 3.05) is 26.4 Å². The molecular formula is C25H34O7. The van der Waals surface area contributed by atoms with E-state index in [9.17, 15) is 19.5 Å². The van der Waals surface area contributed by atoms with Crippen LogP contribution in [0.3, 0.4) is 0 Å². The molecule has 7 heteroatoms. The summed E-state index contributed by atoms with van der Waals surface area (Å²) >= 11 is 0. The molecular weight excluding hydrogens is 412 g/mol. The molecule has 0 bridgehead atoms. The Bertz CT molecular complexity index is 860. The van der Waals surface area contributed by atoms with Crippen molar-refractivity contribution in [1.82, 2.24) is 0 Å². The molecule has 0 heterocycles. The van der Waals surface area contributed by atoms with E-state index in [-0.39, 0.29) is 36.9 Å². The molecule has 3 saturated carbocycles. The average molecular weight is 447 g/mol. The number of carbonyl (C=O) groups is 3. The highest BCUT2D eigenvalue weighted by atomic mass is 16.6. The third-order valence-electron chi connectivity index (χ3n) is 8.99. The van der Waals surface area contributed by atoms with E-state index in [4.69, 9.17) is 14.6 Å². The Kier molecular flexibility index (Phi) is 6.20. The fraction of sp³-hybridized carbons (Fsp3) is 0.720. The van der Waals surface area contributed by atoms with Gasteiger partial charge >= 0.3 is 5.97 Å². The second-order valence-electron chi connectivity index (χ2n) is 10.3. The van der Waals surface area contributed by atoms with E-state index in [1.807, 2.05) is 6.92 Å². The van der Waals surface area contributed by atoms with E-state index in [0.29, 0.717) is 18.3 Å². The van der Waals surface area contributed by atoms with E-state index in [1.165, 1.54) is 5.57 Å². The monoisotopic (exact) mass is 446 g/mol. The minimum Gasteiger partial charge on any atom is -0.456 e. The van der Waals surface area contributed by atoms with Gasteiger partial charge in [-0.3, -0.25) is 9.59 Å². The summed E-state index contributed by atoms with van der Waals surface area (Å²) < 4.78 is 9.97. The minimum absolute atomic E-state index is 0.0223. The number of aliphatic hydroxyl groups is 2. The zero-order valence-corrected chi connectivity index (χ0v) is 19.0. The zero-order valence-electron chi connectivity index (χ0n) is 19.0. The number of aliphatic hydroxyl groups excluding tert-OH is 1. The Balaban J connectivity index is 1.47. The summed E-state index contributed by atoms with van der Waals surface area (Å²) in [4.78, 5) is 36.8. The summed E-state index contributed by atoms with van der Waals surface area (Å²) in [6.45, 7) is 3.28. The minimum atomic E-state index is -1.51. The van der Waals surface area contributed by atoms with Crippen LogP contribution < -0.4 is 0 Å². The van der Waals surface area contributed by atoms with Crippen LogP contribution in [0.5, 0.6) is 0 Å². The number of ether oxygens (including phenoxy) is 2. The number of fused-ring (bicyclic) bond motifs is 5. The van der Waals surface area contributed by atoms with Crippen molar-refractivity contribution < 1.29 is 34.1 Å². The molecule has 0 aromatic rings. The Labute approximate surface area is 188 Å². The van der Waals surface area contributed by atoms with Gasteiger partial charge in [0, 0.05) is 10.8 Å². The van der Waals surface area contributed by atoms with E-state index in [2.05, 4.69) is 13.0 Å². The summed E-state index contributed by atoms with van der Waals surface area (Å²) in [5.74, 6) is -0.0787. The van der Waals surface area contributed by atoms with Crippen molar-refractivity contribution >= 4 is 17.5 Å². The number of esters is 1. The second-order valence-corrected chi connectivity index (χ2v) is 10.3. The van der Waals surface area contributed by atoms with Crippen molar-refractivity contribution in [3.05, 3.63) is 23.8 Å². The molecule has 7 nitrogen and oxygen atoms in total. The highest BCUT2D eigenvalue weighted by molar-refractivity contribution is 6.01. The first-order chi connectivity index (χ1) is 15.2. The Hall–Kier alpha value is -1.83. The topological polar surface area (TPSA) is 110 Å². The van der Waals surface area contributed by atoms with Crippen LogP contribution in [0.15, 0.2) is 23.8 Å². The number of Topliss-reactive ketones (excluding diaryl/α,β-unsaturated/α-hetero) is 1. The Morgan fingerprint density at radius 1 is 1.12 bits per heavy atom. The number of hydrogen-bond donors (Lipinski definition) is 2. The molecule has 0 aromatic carbocycles. The SMILES string of the molecule is C[C@]12C=CC(=O)C=C1CC[C@@H]1[C@@H]2CC[C@@]2(C)[C@H]1CC[C@]2(O)C(=O)COC(=O)COCCO. The van der Waals surface area contributed by atoms with Crippen molar-refractivity contribution in [3.8, 4) is 0 Å². The molecule has 2 N–H and O–H groups in total. The highest BCUT2D eigenvalue weighted by Gasteiger charge is 2.66. The lowest BCUT2D eigenvalue weighted by Gasteiger charge is -2.57. The summed E-state index contributed by atoms with van der Waals surface area (Å²) in [7, 11) is 0. The standard InChI is InChI=1S/C25H34O7/c1-23-8-5-17(27)13-16(23)3-4-18-19(23)6-9-24(2)20(18)7-10-25(24,30)21(28)14-32-22(29)15-31-12-11-26/h5,8,13,18-20,26,30H,3-4,6-7,9-12,14-15H2,1-2H3/t18-,19+,20+,23+,24+,25+/m1/s1. The molecule has 4 rings (SSSR count). The van der Waals surface area contributed by atoms with Gasteiger partial charge in [0.05, 0.1) is 13.2 Å². The average Bonchev–Trinajstić information content (AvgIpc) is 3.04. The Morgan fingerprint density at radius 3 is 2.62 bits per heavy atom. The maximum Gasteiger partial charge on any atom is 0.332 e. The number of allylic oxidation sites excluding steroid dienone is 4. The van der Waals surface area contributed by atoms with Gasteiger partial charge in [0.15, 0.2) is 12.4 Å². The molecule has 3 fully saturated rings. The fourth-order valence-electron chi connectivity index (χ4n) is 7.20. The summed E-state index contributed by atoms with van der Waals surface area (Å²) in [6, 6.07) is 0. The van der Waals surface area contributed by atoms with Crippen LogP contribution in [0.4, 0.5) is 0 Å². The maximum absolute atomic E-state index is 13.1. The molecule has 0 aromatic heterocycles. The van der Waals surface area contributed by atoms with Crippen molar-refractivity contribution in [2.24, 2.45) is 28.6 Å². The van der Waals surface area contributed by atoms with Crippen molar-refractivity contribution in [3.63, 3.8) is 0 Å². The van der Waals surface area contributed by atoms with E-state index in [0.717, 1.165) is 32.1 Å². The van der Waals surface area contributed by atoms with E-state index < -0.39 is 29.4 Å². The normalized spacial score (nSPS) is 40.2. The van der Waals surface area contributed by atoms with Gasteiger partial charge < -0.3 is 19.7 Å². The quantitative estimate of drug-likeness (QED) is 0.455. The molecule has 4 aliphatic carbocycles. The van der Waals surface area contributed by atoms with Gasteiger partial charge in [-0.15, -0.1) is 0 Å². The largest absolute Gasteiger partial charge is 0.456 e. The molecule has 0 amide bonds. The molecule has 32 heavy (non-hydrogen) atoms. The molecule has 176 valence electrons. The maximum atomic E-state index is 13.1. The van der Waals surface area contributed by atoms with Gasteiger partial charge in [0.2, 0.25) is 5.78 Å². The molecule has 4 aliphatic rings. The fourth-order valence-corrected chi connectivity index (χ4v) is 7.20. The van der Waals surface area contributed by atoms with Crippen LogP contribution in [0.25, 0.3) is 0 Å². The van der Waals surface area contributed by atoms with Crippen LogP contribution in [-0.2, 0) is 23.9 Å². The summed E-state index contributed by atoms with van der Waals surface area (Å²) in [6.07, 6.45) is 10.2. The van der Waals surface area contributed by atoms with Crippen LogP contribution in [0.1, 0.15) is 52.4 Å². The molecule has 0 unspecified atom stereocenters. The van der Waals surface area contributed by atoms with Gasteiger partial charge in [0.1, 0.15) is 12.2 Å². The summed E-state index contributed by atoms with van der Waals surface area (Å²) in [5, 5.41) is 20.3. The lowest BCUT2D eigenvalue weighted by atomic mass is 9.47. The van der Waals surface area contributed by atoms with E-state index in [1.54, 1.807) is 12.2 Å². The third kappa shape index (κ3) is 3.58. The number of hydrogen-bond acceptors (Lipinski definition) is 7. The zero-order chi connectivity index (χ0) is 23.1. The van der Waals surface area contributed by atoms with Crippen molar-refractivity contribution in [2.45, 2.75) is 58.0 Å². The number of rotatable bonds is 7. The van der Waals surface area contributed by atoms with Gasteiger partial charge in [-0.25, -0.2) is 4.79 Å². The summed E-state index contributed by atoms with van der Waals surface area (Å²) in [5.41, 5.74) is -0.983. The third-order valence-corrected chi connectivity index (χ3v) is 8.99. The predicted molar refractivity (Wildman–Crippen MR) is 115 cm³/mol. The lowest BCUT2D eigenvalue weighted by Crippen LogP contribution is -2.58. The Morgan fingerprint density at radius 2 is 1.88 bits per heavy atom. The van der Waals surface area contributed by atoms with Gasteiger partial charge in [0.25, 0.3) is 0 Å². The lowest BCUT2D eigenvalue weighted by molar-refractivity contribution is -0.170. The molecule has 0 aliphatic heterocycles. The van der Waals surface area contributed by atoms with Crippen LogP contribution in [0, 0.1) is 28.6 Å². The van der Waals surface area contributed by atoms with Gasteiger partial charge in [-0.05, 0) is 68.4 Å². The highest BCUT2D eigenvalue weighted by Crippen LogP contribution is 2.67. The first-order valence-electron chi connectivity index (χ1n) is 11.7. The second kappa shape index (κ2) is 8.50. The smallest absolute Gasteiger partial charge is 0.332 e. The molecule has 6 atom stereocenters. The molecule has 0 radical (unpaired) electrons. The van der Waals surface area contributed by atoms with E-state index >= 15 is 0 Å². The number of ketones is 2. The van der Waals surface area contributed by atoms with Crippen molar-refractivity contribution in [1.29, 1.82) is 0 Å². The van der Waals surface area contributed by atoms with Crippen LogP contribution >= 0.6 is 0 Å². The first-order valence-corrected chi connectivity index (χ1v) is 11.7. The predicted octanol–water partition coefficient (Wildman–Crippen LogP) is 2.15. The molecule has 0 spiro atoms. The van der Waals surface area contributed by atoms with Crippen LogP contribution in [0.2, 0.25) is 0 Å².